The fraction of sp³-hybridized carbons (Fsp3) is 0.483. The van der Waals surface area contributed by atoms with E-state index >= 15 is 0 Å². The normalized spacial score (nSPS) is 24.8. The van der Waals surface area contributed by atoms with E-state index in [2.05, 4.69) is 32.4 Å². The Morgan fingerprint density at radius 2 is 1.97 bits per heavy atom. The number of benzene rings is 1. The van der Waals surface area contributed by atoms with E-state index in [1.54, 1.807) is 23.9 Å². The predicted octanol–water partition coefficient (Wildman–Crippen LogP) is 4.41. The lowest BCUT2D eigenvalue weighted by atomic mass is 9.86. The van der Waals surface area contributed by atoms with Gasteiger partial charge in [-0.3, -0.25) is 9.69 Å². The molecule has 7 nitrogen and oxygen atoms in total. The zero-order valence-electron chi connectivity index (χ0n) is 21.7. The van der Waals surface area contributed by atoms with E-state index in [4.69, 9.17) is 4.74 Å². The lowest BCUT2D eigenvalue weighted by Gasteiger charge is -2.28. The maximum Gasteiger partial charge on any atom is 0.287 e. The second-order valence-electron chi connectivity index (χ2n) is 10.9. The molecule has 1 aliphatic carbocycles. The number of nitrogens with zero attached hydrogens (tertiary/aromatic N) is 4. The second kappa shape index (κ2) is 9.76. The Kier molecular flexibility index (Phi) is 6.42. The van der Waals surface area contributed by atoms with Crippen LogP contribution in [0.25, 0.3) is 5.82 Å². The summed E-state index contributed by atoms with van der Waals surface area (Å²) in [5.41, 5.74) is 2.87. The summed E-state index contributed by atoms with van der Waals surface area (Å²) >= 11 is 0. The molecule has 1 amide bonds. The molecule has 2 aliphatic heterocycles. The molecule has 2 saturated heterocycles. The minimum absolute atomic E-state index is 0.107. The molecule has 2 fully saturated rings. The number of aryl methyl sites for hydroxylation is 1. The maximum absolute atomic E-state index is 13.8. The minimum atomic E-state index is -3.02. The van der Waals surface area contributed by atoms with Crippen molar-refractivity contribution in [1.82, 2.24) is 25.0 Å². The Labute approximate surface area is 221 Å². The van der Waals surface area contributed by atoms with Crippen LogP contribution in [0.5, 0.6) is 5.75 Å². The highest BCUT2D eigenvalue weighted by Gasteiger charge is 2.47. The van der Waals surface area contributed by atoms with Crippen molar-refractivity contribution in [2.75, 3.05) is 7.11 Å². The number of ether oxygens (including phenoxy) is 1. The van der Waals surface area contributed by atoms with Crippen LogP contribution in [0.4, 0.5) is 8.78 Å². The van der Waals surface area contributed by atoms with Gasteiger partial charge in [0, 0.05) is 43.7 Å². The average Bonchev–Trinajstić information content (AvgIpc) is 3.60. The summed E-state index contributed by atoms with van der Waals surface area (Å²) in [4.78, 5) is 20.0. The molecule has 38 heavy (non-hydrogen) atoms. The van der Waals surface area contributed by atoms with Gasteiger partial charge in [-0.05, 0) is 73.9 Å². The largest absolute Gasteiger partial charge is 0.497 e. The van der Waals surface area contributed by atoms with Gasteiger partial charge < -0.3 is 10.1 Å². The van der Waals surface area contributed by atoms with Gasteiger partial charge in [0.05, 0.1) is 12.8 Å². The highest BCUT2D eigenvalue weighted by Crippen LogP contribution is 2.39. The van der Waals surface area contributed by atoms with Crippen molar-refractivity contribution in [3.63, 3.8) is 0 Å². The standard InChI is InChI=1S/C29H33F2N5O2/c1-29(30,31)26-4-3-5-27(33-26)36-17-20-14-19(8-12-23(20)34-36)28(37)32-24-15-21-9-13-25(24)35(21)16-18-6-10-22(38-2)11-7-18/h3-7,10-11,17,19,21,24-25H,8-9,12-16H2,1-2H3,(H,32,37)/t19?,21-,24+,25+/m0/s1. The minimum Gasteiger partial charge on any atom is -0.497 e. The molecule has 9 heteroatoms. The number of pyridine rings is 1. The number of hydrogen-bond donors (Lipinski definition) is 1. The van der Waals surface area contributed by atoms with Crippen molar-refractivity contribution in [1.29, 1.82) is 0 Å². The maximum atomic E-state index is 13.8. The lowest BCUT2D eigenvalue weighted by molar-refractivity contribution is -0.126. The molecular formula is C29H33F2N5O2. The van der Waals surface area contributed by atoms with Crippen molar-refractivity contribution < 1.29 is 18.3 Å². The number of carbonyl (C=O) groups excluding carboxylic acids is 1. The van der Waals surface area contributed by atoms with Crippen LogP contribution in [0, 0.1) is 5.92 Å². The molecule has 1 unspecified atom stereocenters. The van der Waals surface area contributed by atoms with E-state index in [9.17, 15) is 13.6 Å². The molecular weight excluding hydrogens is 488 g/mol. The van der Waals surface area contributed by atoms with Crippen LogP contribution in [0.15, 0.2) is 48.7 Å². The van der Waals surface area contributed by atoms with E-state index in [-0.39, 0.29) is 23.6 Å². The van der Waals surface area contributed by atoms with Gasteiger partial charge in [-0.25, -0.2) is 9.67 Å². The third-order valence-corrected chi connectivity index (χ3v) is 8.40. The van der Waals surface area contributed by atoms with E-state index in [1.807, 2.05) is 18.3 Å². The summed E-state index contributed by atoms with van der Waals surface area (Å²) in [5, 5.41) is 7.98. The van der Waals surface area contributed by atoms with Gasteiger partial charge in [0.15, 0.2) is 5.82 Å². The number of hydrogen-bond acceptors (Lipinski definition) is 5. The molecule has 1 N–H and O–H groups in total. The molecule has 3 aromatic rings. The number of alkyl halides is 2. The Hall–Kier alpha value is -3.33. The Balaban J connectivity index is 1.09. The molecule has 2 bridgehead atoms. The van der Waals surface area contributed by atoms with E-state index in [1.165, 1.54) is 18.1 Å². The van der Waals surface area contributed by atoms with Gasteiger partial charge in [-0.2, -0.15) is 13.9 Å². The summed E-state index contributed by atoms with van der Waals surface area (Å²) in [6.45, 7) is 1.72. The monoisotopic (exact) mass is 521 g/mol. The first-order chi connectivity index (χ1) is 18.3. The van der Waals surface area contributed by atoms with E-state index < -0.39 is 5.92 Å². The van der Waals surface area contributed by atoms with Gasteiger partial charge in [0.25, 0.3) is 5.92 Å². The van der Waals surface area contributed by atoms with Crippen LogP contribution >= 0.6 is 0 Å². The quantitative estimate of drug-likeness (QED) is 0.499. The van der Waals surface area contributed by atoms with Gasteiger partial charge >= 0.3 is 0 Å². The topological polar surface area (TPSA) is 72.3 Å². The van der Waals surface area contributed by atoms with Crippen molar-refractivity contribution in [2.45, 2.75) is 76.0 Å². The van der Waals surface area contributed by atoms with Crippen LogP contribution in [0.1, 0.15) is 55.1 Å². The molecule has 2 aromatic heterocycles. The number of fused-ring (bicyclic) bond motifs is 3. The van der Waals surface area contributed by atoms with Crippen LogP contribution in [-0.2, 0) is 30.1 Å². The third-order valence-electron chi connectivity index (χ3n) is 8.40. The summed E-state index contributed by atoms with van der Waals surface area (Å²) in [6, 6.07) is 13.8. The zero-order valence-corrected chi connectivity index (χ0v) is 21.7. The summed E-state index contributed by atoms with van der Waals surface area (Å²) in [5.74, 6) is -1.81. The van der Waals surface area contributed by atoms with Crippen molar-refractivity contribution in [3.8, 4) is 11.6 Å². The number of methoxy groups -OCH3 is 1. The first-order valence-electron chi connectivity index (χ1n) is 13.4. The van der Waals surface area contributed by atoms with Crippen LogP contribution < -0.4 is 10.1 Å². The molecule has 1 aromatic carbocycles. The third kappa shape index (κ3) is 4.79. The Morgan fingerprint density at radius 3 is 2.74 bits per heavy atom. The van der Waals surface area contributed by atoms with E-state index in [0.29, 0.717) is 30.7 Å². The van der Waals surface area contributed by atoms with Crippen LogP contribution in [-0.4, -0.2) is 50.8 Å². The highest BCUT2D eigenvalue weighted by molar-refractivity contribution is 5.79. The number of halogens is 2. The molecule has 0 spiro atoms. The van der Waals surface area contributed by atoms with E-state index in [0.717, 1.165) is 49.7 Å². The van der Waals surface area contributed by atoms with Gasteiger partial charge in [-0.1, -0.05) is 18.2 Å². The molecule has 3 aliphatic rings. The molecule has 6 rings (SSSR count). The first kappa shape index (κ1) is 25.0. The Morgan fingerprint density at radius 1 is 1.16 bits per heavy atom. The lowest BCUT2D eigenvalue weighted by Crippen LogP contribution is -2.46. The highest BCUT2D eigenvalue weighted by atomic mass is 19.3. The molecule has 0 saturated carbocycles. The SMILES string of the molecule is COc1ccc(CN2[C@H]3CC[C@@H]2[C@H](NC(=O)C2CCc4nn(-c5cccc(C(C)(F)F)n5)cc4C2)C3)cc1. The summed E-state index contributed by atoms with van der Waals surface area (Å²) in [6.07, 6.45) is 7.13. The number of nitrogens with one attached hydrogen (secondary N) is 1. The van der Waals surface area contributed by atoms with Crippen molar-refractivity contribution in [3.05, 3.63) is 71.2 Å². The Bertz CT molecular complexity index is 1320. The van der Waals surface area contributed by atoms with Crippen LogP contribution in [0.3, 0.4) is 0 Å². The fourth-order valence-corrected chi connectivity index (χ4v) is 6.39. The van der Waals surface area contributed by atoms with Gasteiger partial charge in [0.1, 0.15) is 11.4 Å². The first-order valence-corrected chi connectivity index (χ1v) is 13.4. The molecule has 4 heterocycles. The predicted molar refractivity (Wildman–Crippen MR) is 138 cm³/mol. The van der Waals surface area contributed by atoms with Crippen molar-refractivity contribution in [2.24, 2.45) is 5.92 Å². The second-order valence-corrected chi connectivity index (χ2v) is 10.9. The van der Waals surface area contributed by atoms with Crippen molar-refractivity contribution >= 4 is 5.91 Å². The number of aromatic nitrogens is 3. The number of rotatable bonds is 7. The molecule has 200 valence electrons. The number of carbonyl (C=O) groups is 1. The molecule has 4 atom stereocenters. The van der Waals surface area contributed by atoms with Gasteiger partial charge in [-0.15, -0.1) is 0 Å². The van der Waals surface area contributed by atoms with Crippen LogP contribution in [0.2, 0.25) is 0 Å². The molecule has 0 radical (unpaired) electrons. The average molecular weight is 522 g/mol. The smallest absolute Gasteiger partial charge is 0.287 e. The zero-order chi connectivity index (χ0) is 26.4. The summed E-state index contributed by atoms with van der Waals surface area (Å²) < 4.78 is 34.4. The summed E-state index contributed by atoms with van der Waals surface area (Å²) in [7, 11) is 1.67. The fourth-order valence-electron chi connectivity index (χ4n) is 6.39. The number of amides is 1. The van der Waals surface area contributed by atoms with Gasteiger partial charge in [0.2, 0.25) is 5.91 Å².